The number of hydrogen-bond donors (Lipinski definition) is 2. The van der Waals surface area contributed by atoms with E-state index in [2.05, 4.69) is 46.3 Å². The summed E-state index contributed by atoms with van der Waals surface area (Å²) in [5, 5.41) is 12.3. The molecule has 3 rings (SSSR count). The lowest BCUT2D eigenvalue weighted by Gasteiger charge is -2.34. The van der Waals surface area contributed by atoms with Crippen LogP contribution in [0.25, 0.3) is 0 Å². The maximum absolute atomic E-state index is 12.5. The quantitative estimate of drug-likeness (QED) is 0.788. The van der Waals surface area contributed by atoms with Crippen molar-refractivity contribution < 1.29 is 9.90 Å². The first-order valence-electron chi connectivity index (χ1n) is 9.07. The zero-order valence-electron chi connectivity index (χ0n) is 14.6. The molecule has 0 aromatic heterocycles. The first kappa shape index (κ1) is 17.4. The van der Waals surface area contributed by atoms with E-state index in [-0.39, 0.29) is 18.6 Å². The number of benzene rings is 1. The number of aliphatic hydroxyl groups is 1. The summed E-state index contributed by atoms with van der Waals surface area (Å²) >= 11 is 0. The van der Waals surface area contributed by atoms with Gasteiger partial charge >= 0.3 is 0 Å². The highest BCUT2D eigenvalue weighted by molar-refractivity contribution is 5.78. The van der Waals surface area contributed by atoms with Gasteiger partial charge in [0, 0.05) is 32.7 Å². The summed E-state index contributed by atoms with van der Waals surface area (Å²) in [4.78, 5) is 16.9. The maximum Gasteiger partial charge on any atom is 0.234 e. The fraction of sp³-hybridized carbons (Fsp3) is 0.632. The zero-order valence-corrected chi connectivity index (χ0v) is 14.6. The molecule has 2 aliphatic rings. The van der Waals surface area contributed by atoms with Crippen LogP contribution in [-0.2, 0) is 4.79 Å². The normalized spacial score (nSPS) is 20.8. The van der Waals surface area contributed by atoms with Crippen molar-refractivity contribution in [2.75, 3.05) is 45.9 Å². The first-order valence-corrected chi connectivity index (χ1v) is 9.07. The highest BCUT2D eigenvalue weighted by Crippen LogP contribution is 2.41. The molecule has 1 amide bonds. The van der Waals surface area contributed by atoms with E-state index >= 15 is 0 Å². The molecule has 1 saturated carbocycles. The summed E-state index contributed by atoms with van der Waals surface area (Å²) in [6, 6.07) is 8.70. The molecule has 1 saturated heterocycles. The number of aryl methyl sites for hydroxylation is 1. The molecule has 5 heteroatoms. The van der Waals surface area contributed by atoms with E-state index in [9.17, 15) is 4.79 Å². The Labute approximate surface area is 144 Å². The average molecular weight is 331 g/mol. The van der Waals surface area contributed by atoms with Crippen molar-refractivity contribution >= 4 is 5.91 Å². The summed E-state index contributed by atoms with van der Waals surface area (Å²) in [6.07, 6.45) is 2.41. The van der Waals surface area contributed by atoms with Crippen LogP contribution in [0.4, 0.5) is 0 Å². The van der Waals surface area contributed by atoms with Crippen LogP contribution in [-0.4, -0.2) is 66.7 Å². The molecule has 0 radical (unpaired) electrons. The number of β-amino-alcohol motifs (C(OH)–C–C–N with tert-alkyl or cyclic N) is 1. The molecule has 1 aromatic carbocycles. The molecule has 1 aliphatic carbocycles. The molecular formula is C19H29N3O2. The highest BCUT2D eigenvalue weighted by Gasteiger charge is 2.33. The first-order chi connectivity index (χ1) is 11.7. The minimum Gasteiger partial charge on any atom is -0.395 e. The Balaban J connectivity index is 1.50. The zero-order chi connectivity index (χ0) is 16.9. The third-order valence-corrected chi connectivity index (χ3v) is 5.09. The number of rotatable bonds is 7. The van der Waals surface area contributed by atoms with Crippen LogP contribution < -0.4 is 5.32 Å². The van der Waals surface area contributed by atoms with Gasteiger partial charge in [-0.1, -0.05) is 29.8 Å². The molecule has 0 bridgehead atoms. The maximum atomic E-state index is 12.5. The Hall–Kier alpha value is -1.43. The number of amides is 1. The van der Waals surface area contributed by atoms with E-state index in [0.717, 1.165) is 32.7 Å². The SMILES string of the molecule is Cc1ccc([C@@H](NC(=O)CN2CCN(CCO)CC2)C2CC2)cc1. The number of nitrogens with zero attached hydrogens (tertiary/aromatic N) is 2. The molecule has 0 spiro atoms. The third-order valence-electron chi connectivity index (χ3n) is 5.09. The van der Waals surface area contributed by atoms with E-state index in [1.165, 1.54) is 24.0 Å². The van der Waals surface area contributed by atoms with E-state index in [0.29, 0.717) is 12.5 Å². The molecular weight excluding hydrogens is 302 g/mol. The Morgan fingerprint density at radius 3 is 2.38 bits per heavy atom. The van der Waals surface area contributed by atoms with Gasteiger partial charge in [-0.3, -0.25) is 14.6 Å². The van der Waals surface area contributed by atoms with Crippen LogP contribution in [0.5, 0.6) is 0 Å². The highest BCUT2D eigenvalue weighted by atomic mass is 16.3. The average Bonchev–Trinajstić information content (AvgIpc) is 3.41. The van der Waals surface area contributed by atoms with E-state index in [4.69, 9.17) is 5.11 Å². The van der Waals surface area contributed by atoms with Crippen LogP contribution in [0.3, 0.4) is 0 Å². The number of carbonyl (C=O) groups excluding carboxylic acids is 1. The Morgan fingerprint density at radius 2 is 1.79 bits per heavy atom. The second kappa shape index (κ2) is 8.10. The van der Waals surface area contributed by atoms with Crippen molar-refractivity contribution in [2.24, 2.45) is 5.92 Å². The summed E-state index contributed by atoms with van der Waals surface area (Å²) in [5.41, 5.74) is 2.48. The molecule has 24 heavy (non-hydrogen) atoms. The molecule has 5 nitrogen and oxygen atoms in total. The van der Waals surface area contributed by atoms with Crippen molar-refractivity contribution in [3.05, 3.63) is 35.4 Å². The Morgan fingerprint density at radius 1 is 1.17 bits per heavy atom. The standard InChI is InChI=1S/C19H29N3O2/c1-15-2-4-16(5-3-15)19(17-6-7-17)20-18(24)14-22-10-8-21(9-11-22)12-13-23/h2-5,17,19,23H,6-14H2,1H3,(H,20,24)/t19-/m1/s1. The van der Waals surface area contributed by atoms with Gasteiger partial charge in [0.25, 0.3) is 0 Å². The minimum absolute atomic E-state index is 0.128. The topological polar surface area (TPSA) is 55.8 Å². The summed E-state index contributed by atoms with van der Waals surface area (Å²) in [5.74, 6) is 0.723. The van der Waals surface area contributed by atoms with Gasteiger partial charge in [-0.25, -0.2) is 0 Å². The van der Waals surface area contributed by atoms with Gasteiger partial charge in [-0.15, -0.1) is 0 Å². The largest absolute Gasteiger partial charge is 0.395 e. The fourth-order valence-corrected chi connectivity index (χ4v) is 3.41. The van der Waals surface area contributed by atoms with Gasteiger partial charge in [0.1, 0.15) is 0 Å². The number of aliphatic hydroxyl groups excluding tert-OH is 1. The molecule has 2 N–H and O–H groups in total. The van der Waals surface area contributed by atoms with Gasteiger partial charge in [0.05, 0.1) is 19.2 Å². The number of piperazine rings is 1. The lowest BCUT2D eigenvalue weighted by atomic mass is 10.0. The van der Waals surface area contributed by atoms with E-state index < -0.39 is 0 Å². The predicted octanol–water partition coefficient (Wildman–Crippen LogP) is 1.17. The molecule has 1 aromatic rings. The van der Waals surface area contributed by atoms with Crippen molar-refractivity contribution in [3.63, 3.8) is 0 Å². The molecule has 2 fully saturated rings. The molecule has 1 aliphatic heterocycles. The van der Waals surface area contributed by atoms with Crippen LogP contribution >= 0.6 is 0 Å². The lowest BCUT2D eigenvalue weighted by molar-refractivity contribution is -0.123. The minimum atomic E-state index is 0.128. The van der Waals surface area contributed by atoms with Gasteiger partial charge < -0.3 is 10.4 Å². The van der Waals surface area contributed by atoms with Crippen molar-refractivity contribution in [1.29, 1.82) is 0 Å². The third kappa shape index (κ3) is 4.79. The van der Waals surface area contributed by atoms with Crippen LogP contribution in [0, 0.1) is 12.8 Å². The second-order valence-corrected chi connectivity index (χ2v) is 7.13. The Kier molecular flexibility index (Phi) is 5.87. The smallest absolute Gasteiger partial charge is 0.234 e. The fourth-order valence-electron chi connectivity index (χ4n) is 3.41. The molecule has 0 unspecified atom stereocenters. The Bertz CT molecular complexity index is 534. The van der Waals surface area contributed by atoms with Crippen LogP contribution in [0.2, 0.25) is 0 Å². The second-order valence-electron chi connectivity index (χ2n) is 7.13. The van der Waals surface area contributed by atoms with Gasteiger partial charge in [0.15, 0.2) is 0 Å². The van der Waals surface area contributed by atoms with E-state index in [1.54, 1.807) is 0 Å². The predicted molar refractivity (Wildman–Crippen MR) is 94.8 cm³/mol. The van der Waals surface area contributed by atoms with Gasteiger partial charge in [0.2, 0.25) is 5.91 Å². The monoisotopic (exact) mass is 331 g/mol. The summed E-state index contributed by atoms with van der Waals surface area (Å²) in [7, 11) is 0. The van der Waals surface area contributed by atoms with Crippen molar-refractivity contribution in [1.82, 2.24) is 15.1 Å². The summed E-state index contributed by atoms with van der Waals surface area (Å²) in [6.45, 7) is 7.15. The molecule has 1 atom stereocenters. The number of hydrogen-bond acceptors (Lipinski definition) is 4. The molecule has 1 heterocycles. The number of nitrogens with one attached hydrogen (secondary N) is 1. The molecule has 132 valence electrons. The van der Waals surface area contributed by atoms with Crippen molar-refractivity contribution in [2.45, 2.75) is 25.8 Å². The van der Waals surface area contributed by atoms with Gasteiger partial charge in [-0.05, 0) is 31.2 Å². The number of carbonyl (C=O) groups is 1. The lowest BCUT2D eigenvalue weighted by Crippen LogP contribution is -2.50. The van der Waals surface area contributed by atoms with E-state index in [1.807, 2.05) is 0 Å². The van der Waals surface area contributed by atoms with Crippen molar-refractivity contribution in [3.8, 4) is 0 Å². The van der Waals surface area contributed by atoms with Crippen LogP contribution in [0.1, 0.15) is 30.0 Å². The van der Waals surface area contributed by atoms with Crippen LogP contribution in [0.15, 0.2) is 24.3 Å². The summed E-state index contributed by atoms with van der Waals surface area (Å²) < 4.78 is 0. The van der Waals surface area contributed by atoms with Gasteiger partial charge in [-0.2, -0.15) is 0 Å².